The van der Waals surface area contributed by atoms with Crippen LogP contribution in [0.5, 0.6) is 0 Å². The van der Waals surface area contributed by atoms with Crippen LogP contribution < -0.4 is 5.32 Å². The Hall–Kier alpha value is -1.81. The van der Waals surface area contributed by atoms with Crippen LogP contribution in [0.4, 0.5) is 10.5 Å². The third kappa shape index (κ3) is 3.52. The normalized spacial score (nSPS) is 33.3. The van der Waals surface area contributed by atoms with Crippen molar-refractivity contribution in [3.05, 3.63) is 42.0 Å². The Morgan fingerprint density at radius 2 is 2.04 bits per heavy atom. The summed E-state index contributed by atoms with van der Waals surface area (Å²) in [5.74, 6) is 1.17. The highest BCUT2D eigenvalue weighted by atomic mass is 16.6. The molecule has 0 spiro atoms. The van der Waals surface area contributed by atoms with Crippen molar-refractivity contribution < 1.29 is 14.3 Å². The summed E-state index contributed by atoms with van der Waals surface area (Å²) in [4.78, 5) is 12.3. The molecule has 1 heterocycles. The molecule has 0 aromatic heterocycles. The number of carbonyl (C=O) groups excluding carboxylic acids is 1. The number of allylic oxidation sites excluding steroid dienone is 1. The number of carbonyl (C=O) groups is 1. The first-order chi connectivity index (χ1) is 12.5. The second-order valence-electron chi connectivity index (χ2n) is 7.95. The molecule has 1 aliphatic carbocycles. The van der Waals surface area contributed by atoms with Crippen LogP contribution in [0.15, 0.2) is 42.0 Å². The summed E-state index contributed by atoms with van der Waals surface area (Å²) in [6, 6.07) is 9.40. The van der Waals surface area contributed by atoms with Crippen LogP contribution in [-0.4, -0.2) is 25.4 Å². The van der Waals surface area contributed by atoms with Gasteiger partial charge in [-0.2, -0.15) is 0 Å². The van der Waals surface area contributed by atoms with Crippen molar-refractivity contribution in [2.45, 2.75) is 46.6 Å². The highest BCUT2D eigenvalue weighted by Gasteiger charge is 2.53. The van der Waals surface area contributed by atoms with Crippen molar-refractivity contribution in [3.63, 3.8) is 0 Å². The van der Waals surface area contributed by atoms with E-state index < -0.39 is 6.09 Å². The number of hydrogen-bond donors (Lipinski definition) is 1. The number of hydrogen-bond acceptors (Lipinski definition) is 3. The molecule has 1 saturated heterocycles. The van der Waals surface area contributed by atoms with Gasteiger partial charge in [-0.15, -0.1) is 0 Å². The standard InChI is InChI=1S/C22H31NO3/c1-5-9-19-20-15(2)12-16(3)22(13-25-19,17(20)4)14-26-21(24)23-18-10-7-6-8-11-18/h6-8,10-12,16-17,19-20H,5,9,13-14H2,1-4H3,(H,23,24). The smallest absolute Gasteiger partial charge is 0.411 e. The highest BCUT2D eigenvalue weighted by molar-refractivity contribution is 5.84. The van der Waals surface area contributed by atoms with E-state index in [1.165, 1.54) is 5.57 Å². The number of para-hydroxylation sites is 1. The van der Waals surface area contributed by atoms with Gasteiger partial charge >= 0.3 is 6.09 Å². The fourth-order valence-electron chi connectivity index (χ4n) is 4.81. The Balaban J connectivity index is 1.71. The van der Waals surface area contributed by atoms with Crippen LogP contribution in [-0.2, 0) is 9.47 Å². The van der Waals surface area contributed by atoms with Gasteiger partial charge in [0.1, 0.15) is 6.61 Å². The second kappa shape index (κ2) is 7.83. The van der Waals surface area contributed by atoms with Crippen LogP contribution >= 0.6 is 0 Å². The second-order valence-corrected chi connectivity index (χ2v) is 7.95. The molecule has 142 valence electrons. The molecular formula is C22H31NO3. The Morgan fingerprint density at radius 3 is 2.73 bits per heavy atom. The lowest BCUT2D eigenvalue weighted by Gasteiger charge is -2.55. The molecule has 3 rings (SSSR count). The largest absolute Gasteiger partial charge is 0.449 e. The molecule has 0 saturated carbocycles. The molecule has 5 atom stereocenters. The van der Waals surface area contributed by atoms with E-state index >= 15 is 0 Å². The molecule has 1 aromatic rings. The van der Waals surface area contributed by atoms with E-state index in [-0.39, 0.29) is 11.5 Å². The minimum absolute atomic E-state index is 0.150. The molecular weight excluding hydrogens is 326 g/mol. The maximum atomic E-state index is 12.3. The number of nitrogens with one attached hydrogen (secondary N) is 1. The monoisotopic (exact) mass is 357 g/mol. The van der Waals surface area contributed by atoms with Crippen molar-refractivity contribution in [2.24, 2.45) is 23.2 Å². The lowest BCUT2D eigenvalue weighted by Crippen LogP contribution is -2.56. The van der Waals surface area contributed by atoms with Crippen LogP contribution in [0.25, 0.3) is 0 Å². The van der Waals surface area contributed by atoms with Crippen LogP contribution in [0.3, 0.4) is 0 Å². The van der Waals surface area contributed by atoms with Crippen LogP contribution in [0.2, 0.25) is 0 Å². The summed E-state index contributed by atoms with van der Waals surface area (Å²) >= 11 is 0. The first-order valence-corrected chi connectivity index (χ1v) is 9.76. The molecule has 1 fully saturated rings. The van der Waals surface area contributed by atoms with E-state index in [1.807, 2.05) is 30.3 Å². The van der Waals surface area contributed by atoms with E-state index in [9.17, 15) is 4.79 Å². The maximum absolute atomic E-state index is 12.3. The van der Waals surface area contributed by atoms with Gasteiger partial charge in [-0.1, -0.05) is 57.0 Å². The first-order valence-electron chi connectivity index (χ1n) is 9.76. The quantitative estimate of drug-likeness (QED) is 0.730. The van der Waals surface area contributed by atoms with Crippen molar-refractivity contribution in [2.75, 3.05) is 18.5 Å². The lowest BCUT2D eigenvalue weighted by atomic mass is 9.56. The van der Waals surface area contributed by atoms with Gasteiger partial charge in [0.15, 0.2) is 0 Å². The Bertz CT molecular complexity index is 657. The number of ether oxygens (including phenoxy) is 2. The van der Waals surface area contributed by atoms with Gasteiger partial charge in [0.05, 0.1) is 12.7 Å². The summed E-state index contributed by atoms with van der Waals surface area (Å²) < 4.78 is 12.0. The van der Waals surface area contributed by atoms with E-state index in [0.29, 0.717) is 31.0 Å². The lowest BCUT2D eigenvalue weighted by molar-refractivity contribution is -0.164. The number of benzene rings is 1. The van der Waals surface area contributed by atoms with Crippen molar-refractivity contribution in [1.29, 1.82) is 0 Å². The molecule has 2 aliphatic rings. The van der Waals surface area contributed by atoms with Gasteiger partial charge in [0, 0.05) is 17.0 Å². The molecule has 5 unspecified atom stereocenters. The predicted molar refractivity (Wildman–Crippen MR) is 104 cm³/mol. The Labute approximate surface area is 157 Å². The molecule has 1 amide bonds. The third-order valence-electron chi connectivity index (χ3n) is 6.42. The van der Waals surface area contributed by atoms with Crippen LogP contribution in [0, 0.1) is 23.2 Å². The molecule has 1 N–H and O–H groups in total. The summed E-state index contributed by atoms with van der Waals surface area (Å²) in [6.45, 7) is 9.99. The van der Waals surface area contributed by atoms with Crippen molar-refractivity contribution in [3.8, 4) is 0 Å². The molecule has 4 nitrogen and oxygen atoms in total. The summed E-state index contributed by atoms with van der Waals surface area (Å²) in [5.41, 5.74) is 2.02. The summed E-state index contributed by atoms with van der Waals surface area (Å²) in [5, 5.41) is 2.80. The van der Waals surface area contributed by atoms with E-state index in [1.54, 1.807) is 0 Å². The van der Waals surface area contributed by atoms with Gasteiger partial charge in [-0.3, -0.25) is 5.32 Å². The minimum atomic E-state index is -0.400. The van der Waals surface area contributed by atoms with Gasteiger partial charge < -0.3 is 9.47 Å². The Kier molecular flexibility index (Phi) is 5.71. The molecule has 4 heteroatoms. The highest BCUT2D eigenvalue weighted by Crippen LogP contribution is 2.53. The van der Waals surface area contributed by atoms with Gasteiger partial charge in [-0.05, 0) is 37.3 Å². The first kappa shape index (κ1) is 19.0. The van der Waals surface area contributed by atoms with Crippen molar-refractivity contribution in [1.82, 2.24) is 0 Å². The molecule has 0 radical (unpaired) electrons. The fraction of sp³-hybridized carbons (Fsp3) is 0.591. The van der Waals surface area contributed by atoms with Crippen molar-refractivity contribution >= 4 is 11.8 Å². The SMILES string of the molecule is CCCC1OCC2(COC(=O)Nc3ccccc3)C(C)C=C(C)C1C2C. The zero-order valence-electron chi connectivity index (χ0n) is 16.3. The molecule has 1 aromatic carbocycles. The molecule has 2 bridgehead atoms. The van der Waals surface area contributed by atoms with Gasteiger partial charge in [-0.25, -0.2) is 4.79 Å². The zero-order chi connectivity index (χ0) is 18.7. The summed E-state index contributed by atoms with van der Waals surface area (Å²) in [7, 11) is 0. The van der Waals surface area contributed by atoms with E-state index in [2.05, 4.69) is 39.1 Å². The molecule has 1 aliphatic heterocycles. The van der Waals surface area contributed by atoms with E-state index in [4.69, 9.17) is 9.47 Å². The number of fused-ring (bicyclic) bond motifs is 2. The zero-order valence-corrected chi connectivity index (χ0v) is 16.3. The maximum Gasteiger partial charge on any atom is 0.411 e. The Morgan fingerprint density at radius 1 is 1.31 bits per heavy atom. The minimum Gasteiger partial charge on any atom is -0.449 e. The molecule has 26 heavy (non-hydrogen) atoms. The number of amides is 1. The third-order valence-corrected chi connectivity index (χ3v) is 6.42. The average molecular weight is 357 g/mol. The topological polar surface area (TPSA) is 47.6 Å². The number of rotatable bonds is 5. The summed E-state index contributed by atoms with van der Waals surface area (Å²) in [6.07, 6.45) is 4.46. The average Bonchev–Trinajstić information content (AvgIpc) is 2.61. The van der Waals surface area contributed by atoms with Crippen LogP contribution in [0.1, 0.15) is 40.5 Å². The fourth-order valence-corrected chi connectivity index (χ4v) is 4.81. The van der Waals surface area contributed by atoms with Gasteiger partial charge in [0.25, 0.3) is 0 Å². The van der Waals surface area contributed by atoms with Gasteiger partial charge in [0.2, 0.25) is 0 Å². The predicted octanol–water partition coefficient (Wildman–Crippen LogP) is 5.27. The van der Waals surface area contributed by atoms with E-state index in [0.717, 1.165) is 18.5 Å². The number of anilines is 1.